The Balaban J connectivity index is 2.03. The Bertz CT molecular complexity index is 555. The van der Waals surface area contributed by atoms with Crippen molar-refractivity contribution in [2.45, 2.75) is 20.0 Å². The first kappa shape index (κ1) is 11.6. The van der Waals surface area contributed by atoms with Crippen molar-refractivity contribution in [1.82, 2.24) is 20.1 Å². The summed E-state index contributed by atoms with van der Waals surface area (Å²) in [5.41, 5.74) is 0. The molecule has 2 heterocycles. The van der Waals surface area contributed by atoms with Gasteiger partial charge in [-0.2, -0.15) is 5.10 Å². The van der Waals surface area contributed by atoms with E-state index in [9.17, 15) is 4.79 Å². The molecule has 0 atom stereocenters. The van der Waals surface area contributed by atoms with Crippen molar-refractivity contribution in [2.75, 3.05) is 0 Å². The minimum absolute atomic E-state index is 0.272. The predicted molar refractivity (Wildman–Crippen MR) is 63.0 cm³/mol. The molecule has 0 radical (unpaired) electrons. The van der Waals surface area contributed by atoms with Gasteiger partial charge in [-0.3, -0.25) is 9.89 Å². The number of rotatable bonds is 4. The van der Waals surface area contributed by atoms with Gasteiger partial charge in [0.1, 0.15) is 0 Å². The first-order valence-corrected chi connectivity index (χ1v) is 5.59. The number of furan rings is 1. The van der Waals surface area contributed by atoms with Crippen molar-refractivity contribution in [1.29, 1.82) is 0 Å². The number of amides is 1. The molecule has 0 saturated carbocycles. The second-order valence-corrected chi connectivity index (χ2v) is 3.74. The lowest BCUT2D eigenvalue weighted by molar-refractivity contribution is 0.0921. The molecule has 0 unspecified atom stereocenters. The molecule has 2 aromatic heterocycles. The summed E-state index contributed by atoms with van der Waals surface area (Å²) >= 11 is 5.05. The van der Waals surface area contributed by atoms with Crippen LogP contribution in [-0.4, -0.2) is 20.7 Å². The summed E-state index contributed by atoms with van der Waals surface area (Å²) in [6.45, 7) is 2.98. The van der Waals surface area contributed by atoms with E-state index in [1.165, 1.54) is 6.26 Å². The van der Waals surface area contributed by atoms with Crippen LogP contribution in [0.25, 0.3) is 0 Å². The molecule has 0 aliphatic carbocycles. The number of H-pyrrole nitrogens is 1. The SMILES string of the molecule is CCn1c(CNC(=O)c2ccco2)n[nH]c1=S. The molecule has 7 heteroatoms. The van der Waals surface area contributed by atoms with Crippen LogP contribution in [-0.2, 0) is 13.1 Å². The average Bonchev–Trinajstić information content (AvgIpc) is 2.95. The Morgan fingerprint density at radius 1 is 1.71 bits per heavy atom. The third-order valence-electron chi connectivity index (χ3n) is 2.31. The van der Waals surface area contributed by atoms with Gasteiger partial charge in [-0.15, -0.1) is 0 Å². The van der Waals surface area contributed by atoms with Crippen LogP contribution in [0.3, 0.4) is 0 Å². The maximum Gasteiger partial charge on any atom is 0.287 e. The van der Waals surface area contributed by atoms with Crippen molar-refractivity contribution in [2.24, 2.45) is 0 Å². The molecule has 2 rings (SSSR count). The van der Waals surface area contributed by atoms with E-state index in [1.807, 2.05) is 11.5 Å². The summed E-state index contributed by atoms with van der Waals surface area (Å²) in [5, 5.41) is 9.44. The van der Waals surface area contributed by atoms with Gasteiger partial charge in [0.2, 0.25) is 0 Å². The maximum atomic E-state index is 11.6. The summed E-state index contributed by atoms with van der Waals surface area (Å²) in [6.07, 6.45) is 1.46. The molecule has 17 heavy (non-hydrogen) atoms. The quantitative estimate of drug-likeness (QED) is 0.808. The van der Waals surface area contributed by atoms with Crippen molar-refractivity contribution in [3.63, 3.8) is 0 Å². The average molecular weight is 252 g/mol. The molecule has 2 aromatic rings. The minimum Gasteiger partial charge on any atom is -0.459 e. The van der Waals surface area contributed by atoms with E-state index in [-0.39, 0.29) is 11.7 Å². The van der Waals surface area contributed by atoms with Gasteiger partial charge in [0, 0.05) is 6.54 Å². The Hall–Kier alpha value is -1.89. The molecule has 0 aliphatic rings. The molecule has 0 fully saturated rings. The van der Waals surface area contributed by atoms with Crippen LogP contribution < -0.4 is 5.32 Å². The highest BCUT2D eigenvalue weighted by molar-refractivity contribution is 7.71. The zero-order valence-corrected chi connectivity index (χ0v) is 10.1. The molecule has 0 aliphatic heterocycles. The highest BCUT2D eigenvalue weighted by Gasteiger charge is 2.10. The summed E-state index contributed by atoms with van der Waals surface area (Å²) < 4.78 is 7.35. The van der Waals surface area contributed by atoms with Gasteiger partial charge in [-0.05, 0) is 31.3 Å². The number of nitrogens with one attached hydrogen (secondary N) is 2. The number of hydrogen-bond donors (Lipinski definition) is 2. The maximum absolute atomic E-state index is 11.6. The lowest BCUT2D eigenvalue weighted by atomic mass is 10.4. The van der Waals surface area contributed by atoms with Crippen molar-refractivity contribution < 1.29 is 9.21 Å². The van der Waals surface area contributed by atoms with Gasteiger partial charge in [0.25, 0.3) is 5.91 Å². The van der Waals surface area contributed by atoms with E-state index in [2.05, 4.69) is 15.5 Å². The molecule has 0 spiro atoms. The van der Waals surface area contributed by atoms with Crippen molar-refractivity contribution >= 4 is 18.1 Å². The normalized spacial score (nSPS) is 10.4. The number of nitrogens with zero attached hydrogens (tertiary/aromatic N) is 2. The molecule has 6 nitrogen and oxygen atoms in total. The fourth-order valence-corrected chi connectivity index (χ4v) is 1.75. The fraction of sp³-hybridized carbons (Fsp3) is 0.300. The first-order chi connectivity index (χ1) is 8.22. The van der Waals surface area contributed by atoms with Gasteiger partial charge in [-0.25, -0.2) is 0 Å². The Morgan fingerprint density at radius 3 is 3.18 bits per heavy atom. The molecule has 1 amide bonds. The highest BCUT2D eigenvalue weighted by Crippen LogP contribution is 2.01. The van der Waals surface area contributed by atoms with Crippen LogP contribution in [0.1, 0.15) is 23.3 Å². The zero-order chi connectivity index (χ0) is 12.3. The van der Waals surface area contributed by atoms with Gasteiger partial charge in [-0.1, -0.05) is 0 Å². The summed E-state index contributed by atoms with van der Waals surface area (Å²) in [5.74, 6) is 0.700. The number of carbonyl (C=O) groups excluding carboxylic acids is 1. The van der Waals surface area contributed by atoms with E-state index in [4.69, 9.17) is 16.6 Å². The predicted octanol–water partition coefficient (Wildman–Crippen LogP) is 1.48. The molecule has 90 valence electrons. The van der Waals surface area contributed by atoms with Crippen LogP contribution in [0.2, 0.25) is 0 Å². The summed E-state index contributed by atoms with van der Waals surface area (Å²) in [6, 6.07) is 3.27. The number of aromatic amines is 1. The van der Waals surface area contributed by atoms with Gasteiger partial charge >= 0.3 is 0 Å². The van der Waals surface area contributed by atoms with Crippen LogP contribution in [0.5, 0.6) is 0 Å². The molecule has 0 saturated heterocycles. The van der Waals surface area contributed by atoms with Gasteiger partial charge in [0.15, 0.2) is 16.4 Å². The third kappa shape index (κ3) is 2.44. The smallest absolute Gasteiger partial charge is 0.287 e. The molecular weight excluding hydrogens is 240 g/mol. The van der Waals surface area contributed by atoms with E-state index < -0.39 is 0 Å². The fourth-order valence-electron chi connectivity index (χ4n) is 1.47. The second-order valence-electron chi connectivity index (χ2n) is 3.35. The van der Waals surface area contributed by atoms with Gasteiger partial charge in [0.05, 0.1) is 12.8 Å². The lowest BCUT2D eigenvalue weighted by Gasteiger charge is -2.04. The summed E-state index contributed by atoms with van der Waals surface area (Å²) in [7, 11) is 0. The Kier molecular flexibility index (Phi) is 3.38. The largest absolute Gasteiger partial charge is 0.459 e. The summed E-state index contributed by atoms with van der Waals surface area (Å²) in [4.78, 5) is 11.6. The molecule has 0 aromatic carbocycles. The zero-order valence-electron chi connectivity index (χ0n) is 9.27. The number of aromatic nitrogens is 3. The Labute approximate surface area is 103 Å². The van der Waals surface area contributed by atoms with E-state index >= 15 is 0 Å². The molecule has 0 bridgehead atoms. The minimum atomic E-state index is -0.272. The highest BCUT2D eigenvalue weighted by atomic mass is 32.1. The Morgan fingerprint density at radius 2 is 2.53 bits per heavy atom. The number of hydrogen-bond acceptors (Lipinski definition) is 4. The van der Waals surface area contributed by atoms with Crippen molar-refractivity contribution in [3.8, 4) is 0 Å². The van der Waals surface area contributed by atoms with Crippen LogP contribution in [0.4, 0.5) is 0 Å². The van der Waals surface area contributed by atoms with E-state index in [0.717, 1.165) is 0 Å². The first-order valence-electron chi connectivity index (χ1n) is 5.18. The van der Waals surface area contributed by atoms with Gasteiger partial charge < -0.3 is 14.3 Å². The standard InChI is InChI=1S/C10H12N4O2S/c1-2-14-8(12-13-10(14)17)6-11-9(15)7-4-3-5-16-7/h3-5H,2,6H2,1H3,(H,11,15)(H,13,17). The monoisotopic (exact) mass is 252 g/mol. The number of carbonyl (C=O) groups is 1. The van der Waals surface area contributed by atoms with Crippen LogP contribution in [0.15, 0.2) is 22.8 Å². The van der Waals surface area contributed by atoms with E-state index in [1.54, 1.807) is 12.1 Å². The topological polar surface area (TPSA) is 75.8 Å². The molecule has 2 N–H and O–H groups in total. The molecular formula is C10H12N4O2S. The lowest BCUT2D eigenvalue weighted by Crippen LogP contribution is -2.24. The third-order valence-corrected chi connectivity index (χ3v) is 2.62. The van der Waals surface area contributed by atoms with Crippen LogP contribution >= 0.6 is 12.2 Å². The van der Waals surface area contributed by atoms with Crippen LogP contribution in [0, 0.1) is 4.77 Å². The second kappa shape index (κ2) is 4.96. The van der Waals surface area contributed by atoms with Crippen molar-refractivity contribution in [3.05, 3.63) is 34.8 Å². The van der Waals surface area contributed by atoms with E-state index in [0.29, 0.717) is 23.7 Å².